The Morgan fingerprint density at radius 1 is 1.73 bits per heavy atom. The molecule has 0 bridgehead atoms. The Balaban J connectivity index is 3.00. The highest BCUT2D eigenvalue weighted by atomic mass is 32.1. The summed E-state index contributed by atoms with van der Waals surface area (Å²) in [6, 6.07) is 0. The molecule has 3 nitrogen and oxygen atoms in total. The zero-order chi connectivity index (χ0) is 8.48. The van der Waals surface area contributed by atoms with Crippen LogP contribution in [0.2, 0.25) is 0 Å². The molecule has 1 heterocycles. The highest BCUT2D eigenvalue weighted by Gasteiger charge is 2.31. The van der Waals surface area contributed by atoms with E-state index in [0.717, 1.165) is 0 Å². The summed E-state index contributed by atoms with van der Waals surface area (Å²) < 4.78 is 0. The third-order valence-corrected chi connectivity index (χ3v) is 2.60. The lowest BCUT2D eigenvalue weighted by Gasteiger charge is -2.14. The van der Waals surface area contributed by atoms with Gasteiger partial charge < -0.3 is 5.11 Å². The van der Waals surface area contributed by atoms with Crippen LogP contribution >= 0.6 is 11.3 Å². The van der Waals surface area contributed by atoms with E-state index < -0.39 is 11.4 Å². The summed E-state index contributed by atoms with van der Waals surface area (Å²) in [7, 11) is 0. The molecular weight excluding hydrogens is 162 g/mol. The Labute approximate surface area is 68.7 Å². The molecule has 0 fully saturated rings. The first-order chi connectivity index (χ1) is 5.05. The number of hydrogen-bond donors (Lipinski definition) is 1. The fourth-order valence-corrected chi connectivity index (χ4v) is 1.38. The number of carbonyl (C=O) groups is 1. The van der Waals surface area contributed by atoms with Crippen LogP contribution in [0.1, 0.15) is 18.9 Å². The van der Waals surface area contributed by atoms with Crippen LogP contribution in [0.5, 0.6) is 0 Å². The molecule has 0 aliphatic rings. The van der Waals surface area contributed by atoms with Gasteiger partial charge >= 0.3 is 5.97 Å². The minimum absolute atomic E-state index is 0.644. The molecule has 11 heavy (non-hydrogen) atoms. The molecule has 1 aromatic rings. The maximum atomic E-state index is 10.7. The average molecular weight is 171 g/mol. The van der Waals surface area contributed by atoms with Crippen molar-refractivity contribution in [2.24, 2.45) is 0 Å². The zero-order valence-electron chi connectivity index (χ0n) is 6.37. The van der Waals surface area contributed by atoms with Crippen molar-refractivity contribution in [3.63, 3.8) is 0 Å². The van der Waals surface area contributed by atoms with Gasteiger partial charge in [-0.15, -0.1) is 11.3 Å². The van der Waals surface area contributed by atoms with Gasteiger partial charge in [-0.3, -0.25) is 4.79 Å². The number of carboxylic acids is 1. The van der Waals surface area contributed by atoms with E-state index in [2.05, 4.69) is 4.98 Å². The molecule has 60 valence electrons. The first kappa shape index (κ1) is 8.20. The first-order valence-electron chi connectivity index (χ1n) is 3.18. The molecule has 0 amide bonds. The van der Waals surface area contributed by atoms with Gasteiger partial charge in [0.2, 0.25) is 0 Å². The molecule has 0 saturated heterocycles. The van der Waals surface area contributed by atoms with Crippen molar-refractivity contribution >= 4 is 17.3 Å². The quantitative estimate of drug-likeness (QED) is 0.733. The molecule has 0 saturated carbocycles. The van der Waals surface area contributed by atoms with Crippen LogP contribution in [0.25, 0.3) is 0 Å². The minimum Gasteiger partial charge on any atom is -0.481 e. The number of nitrogens with zero attached hydrogens (tertiary/aromatic N) is 1. The number of aromatic nitrogens is 1. The average Bonchev–Trinajstić information content (AvgIpc) is 2.37. The van der Waals surface area contributed by atoms with Crippen LogP contribution < -0.4 is 0 Å². The van der Waals surface area contributed by atoms with Crippen molar-refractivity contribution in [1.82, 2.24) is 4.98 Å². The van der Waals surface area contributed by atoms with Crippen molar-refractivity contribution in [2.75, 3.05) is 0 Å². The first-order valence-corrected chi connectivity index (χ1v) is 4.06. The fraction of sp³-hybridized carbons (Fsp3) is 0.429. The van der Waals surface area contributed by atoms with Crippen LogP contribution in [0.3, 0.4) is 0 Å². The summed E-state index contributed by atoms with van der Waals surface area (Å²) in [6.07, 6.45) is 1.62. The van der Waals surface area contributed by atoms with Crippen molar-refractivity contribution in [2.45, 2.75) is 19.3 Å². The lowest BCUT2D eigenvalue weighted by atomic mass is 9.95. The predicted octanol–water partition coefficient (Wildman–Crippen LogP) is 1.51. The van der Waals surface area contributed by atoms with Crippen molar-refractivity contribution in [1.29, 1.82) is 0 Å². The maximum Gasteiger partial charge on any atom is 0.316 e. The van der Waals surface area contributed by atoms with E-state index in [4.69, 9.17) is 5.11 Å². The monoisotopic (exact) mass is 171 g/mol. The highest BCUT2D eigenvalue weighted by molar-refractivity contribution is 7.09. The van der Waals surface area contributed by atoms with Crippen molar-refractivity contribution in [3.8, 4) is 0 Å². The van der Waals surface area contributed by atoms with Gasteiger partial charge in [-0.1, -0.05) is 0 Å². The van der Waals surface area contributed by atoms with Gasteiger partial charge in [0.1, 0.15) is 10.4 Å². The summed E-state index contributed by atoms with van der Waals surface area (Å²) in [5, 5.41) is 11.2. The summed E-state index contributed by atoms with van der Waals surface area (Å²) in [5.74, 6) is -0.840. The van der Waals surface area contributed by atoms with Crippen LogP contribution in [0.15, 0.2) is 11.6 Å². The molecule has 1 rings (SSSR count). The van der Waals surface area contributed by atoms with Crippen molar-refractivity contribution in [3.05, 3.63) is 16.6 Å². The predicted molar refractivity (Wildman–Crippen MR) is 42.8 cm³/mol. The van der Waals surface area contributed by atoms with E-state index in [1.54, 1.807) is 25.4 Å². The van der Waals surface area contributed by atoms with Gasteiger partial charge in [0.25, 0.3) is 0 Å². The molecule has 0 atom stereocenters. The van der Waals surface area contributed by atoms with Crippen LogP contribution in [-0.4, -0.2) is 16.1 Å². The van der Waals surface area contributed by atoms with Gasteiger partial charge in [0, 0.05) is 11.6 Å². The number of carboxylic acid groups (broad SMARTS) is 1. The second-order valence-electron chi connectivity index (χ2n) is 2.77. The third-order valence-electron chi connectivity index (χ3n) is 1.50. The van der Waals surface area contributed by atoms with E-state index >= 15 is 0 Å². The Bertz CT molecular complexity index is 253. The van der Waals surface area contributed by atoms with Crippen LogP contribution in [0.4, 0.5) is 0 Å². The van der Waals surface area contributed by atoms with Gasteiger partial charge in [-0.25, -0.2) is 4.98 Å². The molecule has 1 N–H and O–H groups in total. The number of rotatable bonds is 2. The lowest BCUT2D eigenvalue weighted by molar-refractivity contribution is -0.142. The van der Waals surface area contributed by atoms with Crippen LogP contribution in [-0.2, 0) is 10.2 Å². The molecule has 4 heteroatoms. The molecule has 1 aromatic heterocycles. The summed E-state index contributed by atoms with van der Waals surface area (Å²) in [5.41, 5.74) is -0.853. The summed E-state index contributed by atoms with van der Waals surface area (Å²) in [6.45, 7) is 3.29. The smallest absolute Gasteiger partial charge is 0.316 e. The van der Waals surface area contributed by atoms with Gasteiger partial charge in [0.15, 0.2) is 0 Å². The Morgan fingerprint density at radius 3 is 2.73 bits per heavy atom. The molecule has 0 aliphatic heterocycles. The molecule has 0 radical (unpaired) electrons. The zero-order valence-corrected chi connectivity index (χ0v) is 7.18. The minimum atomic E-state index is -0.853. The molecule has 0 aliphatic carbocycles. The summed E-state index contributed by atoms with van der Waals surface area (Å²) in [4.78, 5) is 14.6. The SMILES string of the molecule is CC(C)(C(=O)O)c1nccs1. The second kappa shape index (κ2) is 2.62. The molecule has 0 unspecified atom stereocenters. The lowest BCUT2D eigenvalue weighted by Crippen LogP contribution is -2.28. The van der Waals surface area contributed by atoms with E-state index in [9.17, 15) is 4.79 Å². The Kier molecular flexibility index (Phi) is 1.95. The molecule has 0 spiro atoms. The number of hydrogen-bond acceptors (Lipinski definition) is 3. The normalized spacial score (nSPS) is 11.5. The topological polar surface area (TPSA) is 50.2 Å². The van der Waals surface area contributed by atoms with E-state index in [-0.39, 0.29) is 0 Å². The molecular formula is C7H9NO2S. The van der Waals surface area contributed by atoms with E-state index in [1.807, 2.05) is 0 Å². The Morgan fingerprint density at radius 2 is 2.36 bits per heavy atom. The van der Waals surface area contributed by atoms with Gasteiger partial charge in [0.05, 0.1) is 0 Å². The largest absolute Gasteiger partial charge is 0.481 e. The van der Waals surface area contributed by atoms with Crippen LogP contribution in [0, 0.1) is 0 Å². The third kappa shape index (κ3) is 1.40. The van der Waals surface area contributed by atoms with Crippen molar-refractivity contribution < 1.29 is 9.90 Å². The van der Waals surface area contributed by atoms with Gasteiger partial charge in [-0.05, 0) is 13.8 Å². The second-order valence-corrected chi connectivity index (χ2v) is 3.66. The van der Waals surface area contributed by atoms with Gasteiger partial charge in [-0.2, -0.15) is 0 Å². The van der Waals surface area contributed by atoms with E-state index in [0.29, 0.717) is 5.01 Å². The fourth-order valence-electron chi connectivity index (χ4n) is 0.624. The van der Waals surface area contributed by atoms with E-state index in [1.165, 1.54) is 11.3 Å². The molecule has 0 aromatic carbocycles. The number of thiazole rings is 1. The highest BCUT2D eigenvalue weighted by Crippen LogP contribution is 2.24. The Hall–Kier alpha value is -0.900. The maximum absolute atomic E-state index is 10.7. The number of aliphatic carboxylic acids is 1. The summed E-state index contributed by atoms with van der Waals surface area (Å²) >= 11 is 1.37. The standard InChI is InChI=1S/C7H9NO2S/c1-7(2,6(9)10)5-8-3-4-11-5/h3-4H,1-2H3,(H,9,10).